The monoisotopic (exact) mass is 292 g/mol. The number of benzene rings is 1. The van der Waals surface area contributed by atoms with E-state index in [0.29, 0.717) is 0 Å². The number of rotatable bonds is 3. The van der Waals surface area contributed by atoms with Gasteiger partial charge in [-0.05, 0) is 44.5 Å². The Hall–Kier alpha value is -2.56. The predicted molar refractivity (Wildman–Crippen MR) is 80.8 cm³/mol. The van der Waals surface area contributed by atoms with Gasteiger partial charge in [0.1, 0.15) is 11.4 Å². The van der Waals surface area contributed by atoms with E-state index < -0.39 is 11.6 Å². The van der Waals surface area contributed by atoms with Crippen molar-refractivity contribution in [3.63, 3.8) is 0 Å². The van der Waals surface area contributed by atoms with E-state index in [4.69, 9.17) is 14.9 Å². The van der Waals surface area contributed by atoms with E-state index in [0.717, 1.165) is 17.7 Å². The molecular weight excluding hydrogens is 272 g/mol. The van der Waals surface area contributed by atoms with Crippen LogP contribution in [0.15, 0.2) is 43.0 Å². The highest BCUT2D eigenvalue weighted by atomic mass is 16.6. The van der Waals surface area contributed by atoms with Gasteiger partial charge in [-0.1, -0.05) is 18.7 Å². The Morgan fingerprint density at radius 2 is 1.71 bits per heavy atom. The third kappa shape index (κ3) is 11.0. The fourth-order valence-electron chi connectivity index (χ4n) is 1.10. The highest BCUT2D eigenvalue weighted by Gasteiger charge is 2.12. The van der Waals surface area contributed by atoms with Gasteiger partial charge in [0.05, 0.1) is 0 Å². The summed E-state index contributed by atoms with van der Waals surface area (Å²) in [5.41, 5.74) is 0.348. The van der Waals surface area contributed by atoms with Gasteiger partial charge in [0.2, 0.25) is 0 Å². The van der Waals surface area contributed by atoms with Crippen LogP contribution in [0.2, 0.25) is 0 Å². The summed E-state index contributed by atoms with van der Waals surface area (Å²) in [5, 5.41) is 17.2. The average molecular weight is 292 g/mol. The topological polar surface area (TPSA) is 83.8 Å². The first kappa shape index (κ1) is 18.4. The van der Waals surface area contributed by atoms with Gasteiger partial charge in [0, 0.05) is 12.2 Å². The fourth-order valence-corrected chi connectivity index (χ4v) is 1.10. The largest absolute Gasteiger partial charge is 0.508 e. The molecule has 1 rings (SSSR count). The Morgan fingerprint density at radius 1 is 1.19 bits per heavy atom. The maximum Gasteiger partial charge on any atom is 0.330 e. The second-order valence-electron chi connectivity index (χ2n) is 5.00. The third-order valence-electron chi connectivity index (χ3n) is 1.88. The molecule has 0 bridgehead atoms. The van der Waals surface area contributed by atoms with Gasteiger partial charge >= 0.3 is 11.9 Å². The maximum atomic E-state index is 10.5. The lowest BCUT2D eigenvalue weighted by Crippen LogP contribution is -2.22. The highest BCUT2D eigenvalue weighted by molar-refractivity contribution is 5.85. The first-order chi connectivity index (χ1) is 9.64. The second kappa shape index (κ2) is 8.58. The van der Waals surface area contributed by atoms with Crippen molar-refractivity contribution >= 4 is 18.0 Å². The molecule has 0 spiro atoms. The van der Waals surface area contributed by atoms with Gasteiger partial charge in [-0.3, -0.25) is 0 Å². The summed E-state index contributed by atoms with van der Waals surface area (Å²) in [6.45, 7) is 8.71. The van der Waals surface area contributed by atoms with Crippen LogP contribution in [0, 0.1) is 0 Å². The molecule has 0 saturated carbocycles. The van der Waals surface area contributed by atoms with E-state index >= 15 is 0 Å². The molecule has 0 aliphatic rings. The quantitative estimate of drug-likeness (QED) is 0.661. The Morgan fingerprint density at radius 3 is 2.05 bits per heavy atom. The summed E-state index contributed by atoms with van der Waals surface area (Å²) in [4.78, 5) is 20.6. The molecule has 0 radical (unpaired) electrons. The minimum absolute atomic E-state index is 0.169. The minimum atomic E-state index is -0.983. The summed E-state index contributed by atoms with van der Waals surface area (Å²) in [5.74, 6) is -1.19. The number of esters is 1. The van der Waals surface area contributed by atoms with Gasteiger partial charge in [-0.25, -0.2) is 9.59 Å². The molecular formula is C16H20O5. The molecule has 0 amide bonds. The molecule has 0 saturated heterocycles. The van der Waals surface area contributed by atoms with Crippen LogP contribution >= 0.6 is 0 Å². The summed E-state index contributed by atoms with van der Waals surface area (Å²) in [7, 11) is 0. The Bertz CT molecular complexity index is 506. The molecule has 0 aliphatic heterocycles. The number of carbonyl (C=O) groups excluding carboxylic acids is 1. The summed E-state index contributed by atoms with van der Waals surface area (Å²) >= 11 is 0. The number of aromatic hydroxyl groups is 1. The van der Waals surface area contributed by atoms with E-state index in [1.165, 1.54) is 18.2 Å². The van der Waals surface area contributed by atoms with Crippen molar-refractivity contribution in [2.45, 2.75) is 26.4 Å². The fraction of sp³-hybridized carbons (Fsp3) is 0.250. The number of phenolic OH excluding ortho intramolecular Hbond substituents is 1. The van der Waals surface area contributed by atoms with Crippen molar-refractivity contribution in [1.29, 1.82) is 0 Å². The highest BCUT2D eigenvalue weighted by Crippen LogP contribution is 2.10. The van der Waals surface area contributed by atoms with Gasteiger partial charge in [0.25, 0.3) is 0 Å². The van der Waals surface area contributed by atoms with Crippen LogP contribution in [0.1, 0.15) is 26.3 Å². The number of carboxylic acids is 1. The SMILES string of the molecule is C=CC(=O)OC(C)(C)C.O=C(O)/C=C/c1ccc(O)cc1. The molecule has 0 heterocycles. The number of carboxylic acid groups (broad SMARTS) is 1. The maximum absolute atomic E-state index is 10.5. The number of aliphatic carboxylic acids is 1. The minimum Gasteiger partial charge on any atom is -0.508 e. The van der Waals surface area contributed by atoms with E-state index in [-0.39, 0.29) is 11.7 Å². The molecule has 0 fully saturated rings. The molecule has 114 valence electrons. The third-order valence-corrected chi connectivity index (χ3v) is 1.88. The number of phenols is 1. The predicted octanol–water partition coefficient (Wildman–Crippen LogP) is 3.00. The first-order valence-corrected chi connectivity index (χ1v) is 6.19. The lowest BCUT2D eigenvalue weighted by molar-refractivity contribution is -0.148. The van der Waals surface area contributed by atoms with Crippen molar-refractivity contribution in [2.75, 3.05) is 0 Å². The number of hydrogen-bond donors (Lipinski definition) is 2. The smallest absolute Gasteiger partial charge is 0.330 e. The molecule has 5 nitrogen and oxygen atoms in total. The van der Waals surface area contributed by atoms with Gasteiger partial charge in [-0.15, -0.1) is 0 Å². The summed E-state index contributed by atoms with van der Waals surface area (Å²) in [6.07, 6.45) is 3.67. The lowest BCUT2D eigenvalue weighted by atomic mass is 10.2. The van der Waals surface area contributed by atoms with Crippen LogP contribution in [0.25, 0.3) is 6.08 Å². The zero-order valence-corrected chi connectivity index (χ0v) is 12.4. The molecule has 1 aromatic rings. The second-order valence-corrected chi connectivity index (χ2v) is 5.00. The number of carbonyl (C=O) groups is 2. The van der Waals surface area contributed by atoms with E-state index in [2.05, 4.69) is 6.58 Å². The molecule has 0 atom stereocenters. The summed E-state index contributed by atoms with van der Waals surface area (Å²) in [6, 6.07) is 6.27. The Balaban J connectivity index is 0.000000400. The number of ether oxygens (including phenoxy) is 1. The van der Waals surface area contributed by atoms with Crippen molar-refractivity contribution in [3.05, 3.63) is 48.6 Å². The first-order valence-electron chi connectivity index (χ1n) is 6.19. The van der Waals surface area contributed by atoms with Crippen LogP contribution in [-0.4, -0.2) is 27.8 Å². The van der Waals surface area contributed by atoms with Crippen LogP contribution < -0.4 is 0 Å². The molecule has 0 aliphatic carbocycles. The van der Waals surface area contributed by atoms with Crippen LogP contribution in [0.3, 0.4) is 0 Å². The van der Waals surface area contributed by atoms with Gasteiger partial charge in [-0.2, -0.15) is 0 Å². The molecule has 21 heavy (non-hydrogen) atoms. The van der Waals surface area contributed by atoms with Crippen molar-refractivity contribution in [2.24, 2.45) is 0 Å². The van der Waals surface area contributed by atoms with E-state index in [9.17, 15) is 9.59 Å². The van der Waals surface area contributed by atoms with Crippen LogP contribution in [0.5, 0.6) is 5.75 Å². The molecule has 1 aromatic carbocycles. The Kier molecular flexibility index (Phi) is 7.53. The van der Waals surface area contributed by atoms with Crippen LogP contribution in [0.4, 0.5) is 0 Å². The van der Waals surface area contributed by atoms with Crippen molar-refractivity contribution in [3.8, 4) is 5.75 Å². The molecule has 5 heteroatoms. The average Bonchev–Trinajstić information content (AvgIpc) is 2.36. The van der Waals surface area contributed by atoms with Gasteiger partial charge < -0.3 is 14.9 Å². The normalized spacial score (nSPS) is 10.4. The zero-order valence-electron chi connectivity index (χ0n) is 12.4. The Labute approximate surface area is 124 Å². The van der Waals surface area contributed by atoms with E-state index in [1.807, 2.05) is 20.8 Å². The van der Waals surface area contributed by atoms with E-state index in [1.54, 1.807) is 12.1 Å². The zero-order chi connectivity index (χ0) is 16.5. The molecule has 0 aromatic heterocycles. The molecule has 2 N–H and O–H groups in total. The van der Waals surface area contributed by atoms with Gasteiger partial charge in [0.15, 0.2) is 0 Å². The standard InChI is InChI=1S/C9H8O3.C7H12O2/c10-8-4-1-7(2-5-8)3-6-9(11)12;1-5-6(8)9-7(2,3)4/h1-6,10H,(H,11,12);5H,1H2,2-4H3/b6-3+;. The lowest BCUT2D eigenvalue weighted by Gasteiger charge is -2.17. The molecule has 0 unspecified atom stereocenters. The number of hydrogen-bond acceptors (Lipinski definition) is 4. The summed E-state index contributed by atoms with van der Waals surface area (Å²) < 4.78 is 4.83. The van der Waals surface area contributed by atoms with Crippen molar-refractivity contribution in [1.82, 2.24) is 0 Å². The van der Waals surface area contributed by atoms with Crippen molar-refractivity contribution < 1.29 is 24.5 Å². The van der Waals surface area contributed by atoms with Crippen LogP contribution in [-0.2, 0) is 14.3 Å².